The van der Waals surface area contributed by atoms with Crippen molar-refractivity contribution in [1.29, 1.82) is 0 Å². The summed E-state index contributed by atoms with van der Waals surface area (Å²) >= 11 is 0. The van der Waals surface area contributed by atoms with Gasteiger partial charge in [0.1, 0.15) is 11.9 Å². The standard InChI is InChI=1S/C12H16N2O2/c1-8-3-4-10-11(5-8)16-9(2)6-14(10)7-12(13)15/h3-5,9H,6-7H2,1-2H3,(H2,13,15). The van der Waals surface area contributed by atoms with E-state index in [9.17, 15) is 4.79 Å². The molecule has 1 atom stereocenters. The fourth-order valence-corrected chi connectivity index (χ4v) is 1.98. The third-order valence-corrected chi connectivity index (χ3v) is 2.61. The molecule has 4 nitrogen and oxygen atoms in total. The number of nitrogens with zero attached hydrogens (tertiary/aromatic N) is 1. The number of benzene rings is 1. The van der Waals surface area contributed by atoms with E-state index >= 15 is 0 Å². The fourth-order valence-electron chi connectivity index (χ4n) is 1.98. The Morgan fingerprint density at radius 2 is 2.38 bits per heavy atom. The predicted molar refractivity (Wildman–Crippen MR) is 62.7 cm³/mol. The van der Waals surface area contributed by atoms with Gasteiger partial charge >= 0.3 is 0 Å². The van der Waals surface area contributed by atoms with E-state index in [0.717, 1.165) is 17.0 Å². The summed E-state index contributed by atoms with van der Waals surface area (Å²) in [6.07, 6.45) is 0.0775. The maximum absolute atomic E-state index is 11.0. The second-order valence-corrected chi connectivity index (χ2v) is 4.25. The number of hydrogen-bond donors (Lipinski definition) is 1. The zero-order valence-corrected chi connectivity index (χ0v) is 9.56. The average molecular weight is 220 g/mol. The van der Waals surface area contributed by atoms with E-state index in [1.165, 1.54) is 0 Å². The van der Waals surface area contributed by atoms with Crippen LogP contribution in [0.1, 0.15) is 12.5 Å². The summed E-state index contributed by atoms with van der Waals surface area (Å²) in [5.74, 6) is 0.514. The summed E-state index contributed by atoms with van der Waals surface area (Å²) in [6.45, 7) is 4.93. The van der Waals surface area contributed by atoms with Gasteiger partial charge in [-0.15, -0.1) is 0 Å². The molecular weight excluding hydrogens is 204 g/mol. The smallest absolute Gasteiger partial charge is 0.236 e. The number of fused-ring (bicyclic) bond motifs is 1. The van der Waals surface area contributed by atoms with Crippen LogP contribution in [-0.4, -0.2) is 25.1 Å². The van der Waals surface area contributed by atoms with Crippen LogP contribution in [0.25, 0.3) is 0 Å². The van der Waals surface area contributed by atoms with Crippen molar-refractivity contribution in [2.45, 2.75) is 20.0 Å². The van der Waals surface area contributed by atoms with Gasteiger partial charge in [-0.2, -0.15) is 0 Å². The van der Waals surface area contributed by atoms with Crippen molar-refractivity contribution in [3.63, 3.8) is 0 Å². The second kappa shape index (κ2) is 4.04. The van der Waals surface area contributed by atoms with Gasteiger partial charge in [0.15, 0.2) is 0 Å². The molecule has 0 fully saturated rings. The van der Waals surface area contributed by atoms with Crippen LogP contribution >= 0.6 is 0 Å². The van der Waals surface area contributed by atoms with E-state index in [2.05, 4.69) is 0 Å². The molecule has 0 radical (unpaired) electrons. The lowest BCUT2D eigenvalue weighted by molar-refractivity contribution is -0.116. The van der Waals surface area contributed by atoms with Gasteiger partial charge in [-0.3, -0.25) is 4.79 Å². The molecule has 16 heavy (non-hydrogen) atoms. The highest BCUT2D eigenvalue weighted by atomic mass is 16.5. The van der Waals surface area contributed by atoms with Crippen molar-refractivity contribution in [2.24, 2.45) is 5.73 Å². The number of amides is 1. The first kappa shape index (κ1) is 10.8. The van der Waals surface area contributed by atoms with Crippen LogP contribution in [0, 0.1) is 6.92 Å². The predicted octanol–water partition coefficient (Wildman–Crippen LogP) is 1.07. The molecule has 1 unspecified atom stereocenters. The Morgan fingerprint density at radius 1 is 1.62 bits per heavy atom. The topological polar surface area (TPSA) is 55.6 Å². The van der Waals surface area contributed by atoms with E-state index in [1.54, 1.807) is 0 Å². The number of nitrogens with two attached hydrogens (primary N) is 1. The van der Waals surface area contributed by atoms with Gasteiger partial charge in [-0.25, -0.2) is 0 Å². The minimum Gasteiger partial charge on any atom is -0.487 e. The van der Waals surface area contributed by atoms with Gasteiger partial charge < -0.3 is 15.4 Å². The molecule has 4 heteroatoms. The van der Waals surface area contributed by atoms with Crippen molar-refractivity contribution >= 4 is 11.6 Å². The minimum absolute atomic E-state index is 0.0775. The van der Waals surface area contributed by atoms with Crippen LogP contribution in [0.5, 0.6) is 5.75 Å². The van der Waals surface area contributed by atoms with Crippen LogP contribution in [0.3, 0.4) is 0 Å². The molecule has 0 bridgehead atoms. The normalized spacial score (nSPS) is 18.9. The lowest BCUT2D eigenvalue weighted by Crippen LogP contribution is -2.42. The summed E-state index contributed by atoms with van der Waals surface area (Å²) in [5.41, 5.74) is 7.33. The molecule has 0 aromatic heterocycles. The third kappa shape index (κ3) is 2.10. The number of rotatable bonds is 2. The molecule has 1 aromatic rings. The van der Waals surface area contributed by atoms with Crippen LogP contribution in [0.15, 0.2) is 18.2 Å². The summed E-state index contributed by atoms with van der Waals surface area (Å²) < 4.78 is 5.73. The molecule has 86 valence electrons. The Hall–Kier alpha value is -1.71. The van der Waals surface area contributed by atoms with Gasteiger partial charge in [-0.05, 0) is 31.5 Å². The van der Waals surface area contributed by atoms with Crippen molar-refractivity contribution in [3.8, 4) is 5.75 Å². The Balaban J connectivity index is 2.34. The number of ether oxygens (including phenoxy) is 1. The Kier molecular flexibility index (Phi) is 2.73. The first-order valence-corrected chi connectivity index (χ1v) is 5.37. The van der Waals surface area contributed by atoms with E-state index < -0.39 is 0 Å². The summed E-state index contributed by atoms with van der Waals surface area (Å²) in [4.78, 5) is 13.0. The lowest BCUT2D eigenvalue weighted by atomic mass is 10.1. The van der Waals surface area contributed by atoms with E-state index in [0.29, 0.717) is 6.54 Å². The van der Waals surface area contributed by atoms with Crippen LogP contribution in [0.2, 0.25) is 0 Å². The third-order valence-electron chi connectivity index (χ3n) is 2.61. The molecule has 1 amide bonds. The zero-order chi connectivity index (χ0) is 11.7. The number of hydrogen-bond acceptors (Lipinski definition) is 3. The number of carbonyl (C=O) groups excluding carboxylic acids is 1. The monoisotopic (exact) mass is 220 g/mol. The van der Waals surface area contributed by atoms with E-state index in [1.807, 2.05) is 36.9 Å². The molecule has 2 rings (SSSR count). The van der Waals surface area contributed by atoms with Crippen molar-refractivity contribution in [2.75, 3.05) is 18.0 Å². The molecule has 0 saturated heterocycles. The molecule has 1 aliphatic heterocycles. The van der Waals surface area contributed by atoms with E-state index in [-0.39, 0.29) is 18.6 Å². The number of aryl methyl sites for hydroxylation is 1. The average Bonchev–Trinajstić information content (AvgIpc) is 2.15. The maximum Gasteiger partial charge on any atom is 0.236 e. The van der Waals surface area contributed by atoms with E-state index in [4.69, 9.17) is 10.5 Å². The minimum atomic E-state index is -0.319. The quantitative estimate of drug-likeness (QED) is 0.811. The van der Waals surface area contributed by atoms with Gasteiger partial charge in [0.05, 0.1) is 18.8 Å². The highest BCUT2D eigenvalue weighted by molar-refractivity contribution is 5.80. The fraction of sp³-hybridized carbons (Fsp3) is 0.417. The van der Waals surface area contributed by atoms with Gasteiger partial charge in [-0.1, -0.05) is 6.07 Å². The second-order valence-electron chi connectivity index (χ2n) is 4.25. The lowest BCUT2D eigenvalue weighted by Gasteiger charge is -2.34. The summed E-state index contributed by atoms with van der Waals surface area (Å²) in [6, 6.07) is 5.96. The highest BCUT2D eigenvalue weighted by Gasteiger charge is 2.23. The maximum atomic E-state index is 11.0. The van der Waals surface area contributed by atoms with Crippen LogP contribution in [0.4, 0.5) is 5.69 Å². The first-order chi connectivity index (χ1) is 7.56. The summed E-state index contributed by atoms with van der Waals surface area (Å²) in [5, 5.41) is 0. The molecule has 1 aliphatic rings. The largest absolute Gasteiger partial charge is 0.487 e. The van der Waals surface area contributed by atoms with Crippen molar-refractivity contribution < 1.29 is 9.53 Å². The SMILES string of the molecule is Cc1ccc2c(c1)OC(C)CN2CC(N)=O. The molecule has 2 N–H and O–H groups in total. The van der Waals surface area contributed by atoms with Crippen molar-refractivity contribution in [1.82, 2.24) is 0 Å². The number of carbonyl (C=O) groups is 1. The zero-order valence-electron chi connectivity index (χ0n) is 9.56. The molecule has 0 aliphatic carbocycles. The van der Waals surface area contributed by atoms with Gasteiger partial charge in [0.25, 0.3) is 0 Å². The molecule has 0 saturated carbocycles. The van der Waals surface area contributed by atoms with Gasteiger partial charge in [0, 0.05) is 0 Å². The van der Waals surface area contributed by atoms with Gasteiger partial charge in [0.2, 0.25) is 5.91 Å². The Bertz CT molecular complexity index is 417. The molecular formula is C12H16N2O2. The molecule has 1 aromatic carbocycles. The van der Waals surface area contributed by atoms with Crippen LogP contribution < -0.4 is 15.4 Å². The van der Waals surface area contributed by atoms with Crippen LogP contribution in [-0.2, 0) is 4.79 Å². The van der Waals surface area contributed by atoms with Crippen molar-refractivity contribution in [3.05, 3.63) is 23.8 Å². The highest BCUT2D eigenvalue weighted by Crippen LogP contribution is 2.33. The molecule has 1 heterocycles. The first-order valence-electron chi connectivity index (χ1n) is 5.37. The number of anilines is 1. The molecule has 0 spiro atoms. The summed E-state index contributed by atoms with van der Waals surface area (Å²) in [7, 11) is 0. The number of primary amides is 1. The Morgan fingerprint density at radius 3 is 3.06 bits per heavy atom. The Labute approximate surface area is 95.0 Å².